The molecular formula is C18H28N2O2. The SMILES string of the molecule is Cc1cccc(C(C)(C)NC(=O)[C@H](C)NC(=O)C(C)(C)C)c1. The molecule has 1 aromatic carbocycles. The van der Waals surface area contributed by atoms with Crippen LogP contribution in [0.1, 0.15) is 52.7 Å². The first-order chi connectivity index (χ1) is 9.93. The van der Waals surface area contributed by atoms with Gasteiger partial charge in [-0.05, 0) is 33.3 Å². The molecular weight excluding hydrogens is 276 g/mol. The molecule has 22 heavy (non-hydrogen) atoms. The minimum absolute atomic E-state index is 0.136. The Morgan fingerprint density at radius 3 is 2.18 bits per heavy atom. The summed E-state index contributed by atoms with van der Waals surface area (Å²) >= 11 is 0. The van der Waals surface area contributed by atoms with E-state index in [1.54, 1.807) is 6.92 Å². The van der Waals surface area contributed by atoms with Gasteiger partial charge in [-0.25, -0.2) is 0 Å². The maximum Gasteiger partial charge on any atom is 0.242 e. The quantitative estimate of drug-likeness (QED) is 0.898. The highest BCUT2D eigenvalue weighted by Crippen LogP contribution is 2.21. The molecule has 122 valence electrons. The smallest absolute Gasteiger partial charge is 0.242 e. The van der Waals surface area contributed by atoms with Gasteiger partial charge in [0.25, 0.3) is 0 Å². The summed E-state index contributed by atoms with van der Waals surface area (Å²) in [5, 5.41) is 5.76. The molecule has 0 saturated heterocycles. The van der Waals surface area contributed by atoms with Gasteiger partial charge < -0.3 is 10.6 Å². The predicted octanol–water partition coefficient (Wildman–Crippen LogP) is 2.90. The van der Waals surface area contributed by atoms with Crippen molar-refractivity contribution < 1.29 is 9.59 Å². The molecule has 0 aliphatic heterocycles. The highest BCUT2D eigenvalue weighted by molar-refractivity contribution is 5.89. The zero-order valence-corrected chi connectivity index (χ0v) is 14.7. The minimum atomic E-state index is -0.573. The Morgan fingerprint density at radius 2 is 1.68 bits per heavy atom. The lowest BCUT2D eigenvalue weighted by molar-refractivity contribution is -0.133. The molecule has 0 saturated carbocycles. The molecule has 0 unspecified atom stereocenters. The van der Waals surface area contributed by atoms with Crippen molar-refractivity contribution in [3.8, 4) is 0 Å². The maximum atomic E-state index is 12.4. The monoisotopic (exact) mass is 304 g/mol. The highest BCUT2D eigenvalue weighted by atomic mass is 16.2. The topological polar surface area (TPSA) is 58.2 Å². The van der Waals surface area contributed by atoms with Gasteiger partial charge in [0.1, 0.15) is 6.04 Å². The summed E-state index contributed by atoms with van der Waals surface area (Å²) < 4.78 is 0. The van der Waals surface area contributed by atoms with Gasteiger partial charge in [0.05, 0.1) is 5.54 Å². The van der Waals surface area contributed by atoms with E-state index < -0.39 is 17.0 Å². The van der Waals surface area contributed by atoms with Crippen molar-refractivity contribution in [1.29, 1.82) is 0 Å². The van der Waals surface area contributed by atoms with Gasteiger partial charge in [0.2, 0.25) is 11.8 Å². The summed E-state index contributed by atoms with van der Waals surface area (Å²) in [4.78, 5) is 24.3. The number of benzene rings is 1. The molecule has 0 bridgehead atoms. The van der Waals surface area contributed by atoms with Gasteiger partial charge in [0.15, 0.2) is 0 Å². The van der Waals surface area contributed by atoms with Crippen molar-refractivity contribution in [3.63, 3.8) is 0 Å². The summed E-state index contributed by atoms with van der Waals surface area (Å²) in [7, 11) is 0. The molecule has 0 radical (unpaired) electrons. The van der Waals surface area contributed by atoms with Crippen LogP contribution in [0.5, 0.6) is 0 Å². The summed E-state index contributed by atoms with van der Waals surface area (Å²) in [5.41, 5.74) is 1.17. The van der Waals surface area contributed by atoms with Crippen molar-refractivity contribution in [2.75, 3.05) is 0 Å². The van der Waals surface area contributed by atoms with Crippen molar-refractivity contribution in [3.05, 3.63) is 35.4 Å². The third-order valence-corrected chi connectivity index (χ3v) is 3.60. The Balaban J connectivity index is 2.76. The van der Waals surface area contributed by atoms with E-state index >= 15 is 0 Å². The van der Waals surface area contributed by atoms with E-state index in [0.717, 1.165) is 11.1 Å². The Bertz CT molecular complexity index is 556. The van der Waals surface area contributed by atoms with E-state index in [4.69, 9.17) is 0 Å². The average Bonchev–Trinajstić information content (AvgIpc) is 2.36. The molecule has 0 heterocycles. The second-order valence-electron chi connectivity index (χ2n) is 7.43. The fourth-order valence-corrected chi connectivity index (χ4v) is 2.00. The van der Waals surface area contributed by atoms with Crippen LogP contribution in [0.3, 0.4) is 0 Å². The third kappa shape index (κ3) is 4.86. The number of nitrogens with one attached hydrogen (secondary N) is 2. The van der Waals surface area contributed by atoms with Crippen LogP contribution in [0.4, 0.5) is 0 Å². The Morgan fingerprint density at radius 1 is 1.09 bits per heavy atom. The van der Waals surface area contributed by atoms with Crippen molar-refractivity contribution >= 4 is 11.8 Å². The molecule has 1 atom stereocenters. The molecule has 0 aliphatic carbocycles. The van der Waals surface area contributed by atoms with Gasteiger partial charge >= 0.3 is 0 Å². The first-order valence-electron chi connectivity index (χ1n) is 7.63. The van der Waals surface area contributed by atoms with Crippen LogP contribution in [0.25, 0.3) is 0 Å². The number of carbonyl (C=O) groups excluding carboxylic acids is 2. The molecule has 0 aliphatic rings. The van der Waals surface area contributed by atoms with Crippen LogP contribution in [-0.4, -0.2) is 17.9 Å². The van der Waals surface area contributed by atoms with Crippen LogP contribution in [0, 0.1) is 12.3 Å². The molecule has 1 aromatic rings. The summed E-state index contributed by atoms with van der Waals surface area (Å²) in [6.07, 6.45) is 0. The van der Waals surface area contributed by atoms with Gasteiger partial charge in [0, 0.05) is 5.41 Å². The number of hydrogen-bond donors (Lipinski definition) is 2. The van der Waals surface area contributed by atoms with Gasteiger partial charge in [-0.15, -0.1) is 0 Å². The zero-order valence-electron chi connectivity index (χ0n) is 14.7. The lowest BCUT2D eigenvalue weighted by Crippen LogP contribution is -2.52. The number of hydrogen-bond acceptors (Lipinski definition) is 2. The van der Waals surface area contributed by atoms with Crippen LogP contribution >= 0.6 is 0 Å². The first kappa shape index (κ1) is 18.2. The summed E-state index contributed by atoms with van der Waals surface area (Å²) in [6.45, 7) is 13.1. The molecule has 4 heteroatoms. The first-order valence-corrected chi connectivity index (χ1v) is 7.63. The molecule has 0 aromatic heterocycles. The Labute approximate surface area is 133 Å². The summed E-state index contributed by atoms with van der Waals surface area (Å²) in [5.74, 6) is -0.326. The Kier molecular flexibility index (Phi) is 5.39. The highest BCUT2D eigenvalue weighted by Gasteiger charge is 2.28. The summed E-state index contributed by atoms with van der Waals surface area (Å²) in [6, 6.07) is 7.47. The van der Waals surface area contributed by atoms with E-state index in [1.165, 1.54) is 0 Å². The van der Waals surface area contributed by atoms with Crippen LogP contribution in [-0.2, 0) is 15.1 Å². The van der Waals surface area contributed by atoms with E-state index in [2.05, 4.69) is 16.7 Å². The van der Waals surface area contributed by atoms with Crippen molar-refractivity contribution in [2.45, 2.75) is 60.0 Å². The minimum Gasteiger partial charge on any atom is -0.345 e. The lowest BCUT2D eigenvalue weighted by Gasteiger charge is -2.30. The van der Waals surface area contributed by atoms with E-state index in [0.29, 0.717) is 0 Å². The largest absolute Gasteiger partial charge is 0.345 e. The number of carbonyl (C=O) groups is 2. The second-order valence-corrected chi connectivity index (χ2v) is 7.43. The fourth-order valence-electron chi connectivity index (χ4n) is 2.00. The zero-order chi connectivity index (χ0) is 17.1. The third-order valence-electron chi connectivity index (χ3n) is 3.60. The number of aryl methyl sites for hydroxylation is 1. The molecule has 2 N–H and O–H groups in total. The van der Waals surface area contributed by atoms with Gasteiger partial charge in [-0.1, -0.05) is 50.6 Å². The van der Waals surface area contributed by atoms with Crippen molar-refractivity contribution in [1.82, 2.24) is 10.6 Å². The van der Waals surface area contributed by atoms with Crippen LogP contribution in [0.2, 0.25) is 0 Å². The number of rotatable bonds is 4. The van der Waals surface area contributed by atoms with E-state index in [9.17, 15) is 9.59 Å². The average molecular weight is 304 g/mol. The normalized spacial score (nSPS) is 13.4. The van der Waals surface area contributed by atoms with Crippen LogP contribution < -0.4 is 10.6 Å². The van der Waals surface area contributed by atoms with E-state index in [1.807, 2.05) is 59.7 Å². The number of amides is 2. The molecule has 2 amide bonds. The van der Waals surface area contributed by atoms with Crippen LogP contribution in [0.15, 0.2) is 24.3 Å². The molecule has 0 fully saturated rings. The predicted molar refractivity (Wildman–Crippen MR) is 89.4 cm³/mol. The van der Waals surface area contributed by atoms with Gasteiger partial charge in [-0.3, -0.25) is 9.59 Å². The molecule has 4 nitrogen and oxygen atoms in total. The lowest BCUT2D eigenvalue weighted by atomic mass is 9.92. The molecule has 0 spiro atoms. The van der Waals surface area contributed by atoms with E-state index in [-0.39, 0.29) is 11.8 Å². The molecule has 1 rings (SSSR count). The van der Waals surface area contributed by atoms with Crippen molar-refractivity contribution in [2.24, 2.45) is 5.41 Å². The Hall–Kier alpha value is -1.84. The second kappa shape index (κ2) is 6.51. The standard InChI is InChI=1S/C18H28N2O2/c1-12-9-8-10-14(11-12)18(6,7)20-15(21)13(2)19-16(22)17(3,4)5/h8-11,13H,1-7H3,(H,19,22)(H,20,21)/t13-/m0/s1. The fraction of sp³-hybridized carbons (Fsp3) is 0.556. The van der Waals surface area contributed by atoms with Gasteiger partial charge in [-0.2, -0.15) is 0 Å². The maximum absolute atomic E-state index is 12.4.